The molecule has 0 unspecified atom stereocenters. The summed E-state index contributed by atoms with van der Waals surface area (Å²) in [6.45, 7) is 0.962. The molecular weight excluding hydrogens is 318 g/mol. The minimum Gasteiger partial charge on any atom is -0.497 e. The molecule has 6 nitrogen and oxygen atoms in total. The van der Waals surface area contributed by atoms with Crippen LogP contribution in [0.2, 0.25) is 0 Å². The number of hydrogen-bond donors (Lipinski definition) is 0. The fourth-order valence-electron chi connectivity index (χ4n) is 4.00. The van der Waals surface area contributed by atoms with Gasteiger partial charge in [-0.1, -0.05) is 17.3 Å². The summed E-state index contributed by atoms with van der Waals surface area (Å²) in [5.74, 6) is 2.91. The number of benzene rings is 1. The van der Waals surface area contributed by atoms with E-state index in [0.29, 0.717) is 30.6 Å². The van der Waals surface area contributed by atoms with Gasteiger partial charge < -0.3 is 14.2 Å². The van der Waals surface area contributed by atoms with Crippen molar-refractivity contribution in [1.82, 2.24) is 15.0 Å². The van der Waals surface area contributed by atoms with Crippen LogP contribution in [0, 0.1) is 5.92 Å². The van der Waals surface area contributed by atoms with Crippen LogP contribution >= 0.6 is 0 Å². The number of ether oxygens (including phenoxy) is 1. The van der Waals surface area contributed by atoms with E-state index in [1.807, 2.05) is 24.3 Å². The molecule has 1 aliphatic carbocycles. The molecule has 2 aromatic rings. The van der Waals surface area contributed by atoms with Gasteiger partial charge in [0, 0.05) is 31.0 Å². The van der Waals surface area contributed by atoms with Crippen LogP contribution in [0.3, 0.4) is 0 Å². The first-order valence-corrected chi connectivity index (χ1v) is 8.99. The van der Waals surface area contributed by atoms with Crippen LogP contribution in [0.5, 0.6) is 5.75 Å². The average Bonchev–Trinajstić information content (AvgIpc) is 3.38. The molecule has 0 spiro atoms. The summed E-state index contributed by atoms with van der Waals surface area (Å²) in [6.07, 6.45) is 5.62. The number of piperidine rings is 1. The van der Waals surface area contributed by atoms with Gasteiger partial charge in [0.25, 0.3) is 0 Å². The van der Waals surface area contributed by atoms with Gasteiger partial charge in [-0.3, -0.25) is 4.79 Å². The first kappa shape index (κ1) is 16.1. The minimum atomic E-state index is 0.278. The number of fused-ring (bicyclic) bond motifs is 2. The molecule has 132 valence electrons. The van der Waals surface area contributed by atoms with Crippen molar-refractivity contribution in [3.05, 3.63) is 30.2 Å². The van der Waals surface area contributed by atoms with Crippen LogP contribution in [0.4, 0.5) is 0 Å². The quantitative estimate of drug-likeness (QED) is 0.808. The summed E-state index contributed by atoms with van der Waals surface area (Å²) in [7, 11) is 1.63. The maximum absolute atomic E-state index is 12.4. The number of rotatable bonds is 6. The minimum absolute atomic E-state index is 0.278. The number of nitrogens with zero attached hydrogens (tertiary/aromatic N) is 3. The van der Waals surface area contributed by atoms with E-state index < -0.39 is 0 Å². The molecule has 1 saturated carbocycles. The Labute approximate surface area is 147 Å². The molecule has 6 heteroatoms. The van der Waals surface area contributed by atoms with Crippen LogP contribution in [0.25, 0.3) is 11.4 Å². The second-order valence-electron chi connectivity index (χ2n) is 6.98. The summed E-state index contributed by atoms with van der Waals surface area (Å²) in [4.78, 5) is 18.9. The molecule has 0 N–H and O–H groups in total. The fraction of sp³-hybridized carbons (Fsp3) is 0.526. The van der Waals surface area contributed by atoms with Crippen molar-refractivity contribution in [1.29, 1.82) is 0 Å². The smallest absolute Gasteiger partial charge is 0.226 e. The van der Waals surface area contributed by atoms with Gasteiger partial charge in [-0.05, 0) is 43.7 Å². The molecule has 1 amide bonds. The van der Waals surface area contributed by atoms with Crippen LogP contribution < -0.4 is 4.74 Å². The lowest BCUT2D eigenvalue weighted by Crippen LogP contribution is -2.37. The first-order chi connectivity index (χ1) is 12.2. The van der Waals surface area contributed by atoms with E-state index in [9.17, 15) is 4.79 Å². The molecule has 1 aromatic heterocycles. The van der Waals surface area contributed by atoms with E-state index in [1.165, 1.54) is 19.3 Å². The molecule has 2 aliphatic rings. The second-order valence-corrected chi connectivity index (χ2v) is 6.98. The van der Waals surface area contributed by atoms with E-state index in [2.05, 4.69) is 15.0 Å². The summed E-state index contributed by atoms with van der Waals surface area (Å²) in [5.41, 5.74) is 0.860. The zero-order valence-electron chi connectivity index (χ0n) is 14.5. The van der Waals surface area contributed by atoms with Gasteiger partial charge in [0.1, 0.15) is 5.75 Å². The number of likely N-dealkylation sites (tertiary alicyclic amines) is 1. The molecule has 2 bridgehead atoms. The Morgan fingerprint density at radius 2 is 2.32 bits per heavy atom. The van der Waals surface area contributed by atoms with Crippen molar-refractivity contribution in [2.24, 2.45) is 5.92 Å². The molecule has 4 rings (SSSR count). The maximum atomic E-state index is 12.4. The molecule has 1 aromatic carbocycles. The molecule has 1 saturated heterocycles. The number of carbonyl (C=O) groups excluding carboxylic acids is 1. The van der Waals surface area contributed by atoms with Crippen molar-refractivity contribution in [3.63, 3.8) is 0 Å². The van der Waals surface area contributed by atoms with E-state index in [1.54, 1.807) is 7.11 Å². The van der Waals surface area contributed by atoms with Gasteiger partial charge in [-0.15, -0.1) is 0 Å². The molecule has 1 aliphatic heterocycles. The summed E-state index contributed by atoms with van der Waals surface area (Å²) >= 11 is 0. The summed E-state index contributed by atoms with van der Waals surface area (Å²) < 4.78 is 10.5. The zero-order chi connectivity index (χ0) is 17.2. The summed E-state index contributed by atoms with van der Waals surface area (Å²) in [5, 5.41) is 4.03. The third-order valence-electron chi connectivity index (χ3n) is 5.31. The number of amides is 1. The predicted molar refractivity (Wildman–Crippen MR) is 92.1 cm³/mol. The van der Waals surface area contributed by atoms with Gasteiger partial charge >= 0.3 is 0 Å². The highest BCUT2D eigenvalue weighted by atomic mass is 16.5. The fourth-order valence-corrected chi connectivity index (χ4v) is 4.00. The maximum Gasteiger partial charge on any atom is 0.226 e. The van der Waals surface area contributed by atoms with Crippen molar-refractivity contribution >= 4 is 5.91 Å². The van der Waals surface area contributed by atoms with Crippen LogP contribution in [-0.2, 0) is 11.2 Å². The molecule has 2 atom stereocenters. The number of hydrogen-bond acceptors (Lipinski definition) is 5. The van der Waals surface area contributed by atoms with E-state index in [4.69, 9.17) is 9.26 Å². The van der Waals surface area contributed by atoms with Crippen LogP contribution in [0.1, 0.15) is 38.0 Å². The van der Waals surface area contributed by atoms with Gasteiger partial charge in [0.05, 0.1) is 7.11 Å². The van der Waals surface area contributed by atoms with Gasteiger partial charge in [-0.2, -0.15) is 4.98 Å². The van der Waals surface area contributed by atoms with Crippen LogP contribution in [0.15, 0.2) is 28.8 Å². The Kier molecular flexibility index (Phi) is 4.42. The van der Waals surface area contributed by atoms with E-state index in [0.717, 1.165) is 30.2 Å². The normalized spacial score (nSPS) is 21.7. The van der Waals surface area contributed by atoms with E-state index >= 15 is 0 Å². The van der Waals surface area contributed by atoms with Crippen molar-refractivity contribution in [2.75, 3.05) is 13.7 Å². The Hall–Kier alpha value is -2.37. The SMILES string of the molecule is COc1cccc(-c2noc(CCCC(=O)N3C[C@H]4CC[C@H]3C4)n2)c1. The Bertz CT molecular complexity index is 758. The number of methoxy groups -OCH3 is 1. The third kappa shape index (κ3) is 3.38. The van der Waals surface area contributed by atoms with Crippen molar-refractivity contribution < 1.29 is 14.1 Å². The standard InChI is InChI=1S/C19H23N3O3/c1-24-16-5-2-4-14(11-16)19-20-17(25-21-19)6-3-7-18(23)22-12-13-8-9-15(22)10-13/h2,4-5,11,13,15H,3,6-10,12H2,1H3/t13-,15-/m0/s1. The number of aromatic nitrogens is 2. The lowest BCUT2D eigenvalue weighted by molar-refractivity contribution is -0.132. The monoisotopic (exact) mass is 341 g/mol. The van der Waals surface area contributed by atoms with Gasteiger partial charge in [0.2, 0.25) is 17.6 Å². The topological polar surface area (TPSA) is 68.5 Å². The number of carbonyl (C=O) groups is 1. The lowest BCUT2D eigenvalue weighted by atomic mass is 10.1. The first-order valence-electron chi connectivity index (χ1n) is 8.99. The highest BCUT2D eigenvalue weighted by Gasteiger charge is 2.39. The van der Waals surface area contributed by atoms with Crippen LogP contribution in [-0.4, -0.2) is 40.6 Å². The molecule has 2 heterocycles. The Morgan fingerprint density at radius 1 is 1.40 bits per heavy atom. The van der Waals surface area contributed by atoms with E-state index in [-0.39, 0.29) is 5.91 Å². The van der Waals surface area contributed by atoms with Crippen molar-refractivity contribution in [2.45, 2.75) is 44.6 Å². The second kappa shape index (κ2) is 6.86. The Morgan fingerprint density at radius 3 is 3.08 bits per heavy atom. The largest absolute Gasteiger partial charge is 0.497 e. The van der Waals surface area contributed by atoms with Gasteiger partial charge in [-0.25, -0.2) is 0 Å². The van der Waals surface area contributed by atoms with Gasteiger partial charge in [0.15, 0.2) is 0 Å². The highest BCUT2D eigenvalue weighted by molar-refractivity contribution is 5.77. The third-order valence-corrected chi connectivity index (χ3v) is 5.31. The van der Waals surface area contributed by atoms with Crippen molar-refractivity contribution in [3.8, 4) is 17.1 Å². The molecule has 0 radical (unpaired) electrons. The summed E-state index contributed by atoms with van der Waals surface area (Å²) in [6, 6.07) is 8.07. The Balaban J connectivity index is 1.30. The predicted octanol–water partition coefficient (Wildman–Crippen LogP) is 3.08. The average molecular weight is 341 g/mol. The molecular formula is C19H23N3O3. The number of aryl methyl sites for hydroxylation is 1. The highest BCUT2D eigenvalue weighted by Crippen LogP contribution is 2.37. The zero-order valence-corrected chi connectivity index (χ0v) is 14.5. The lowest BCUT2D eigenvalue weighted by Gasteiger charge is -2.26. The molecule has 25 heavy (non-hydrogen) atoms. The molecule has 2 fully saturated rings.